The Hall–Kier alpha value is -1.09. The molecule has 1 saturated carbocycles. The van der Waals surface area contributed by atoms with Crippen LogP contribution in [0, 0.1) is 17.3 Å². The number of hydrogen-bond acceptors (Lipinski definition) is 3. The van der Waals surface area contributed by atoms with E-state index in [1.165, 1.54) is 11.6 Å². The minimum absolute atomic E-state index is 0.180. The zero-order chi connectivity index (χ0) is 13.1. The fraction of sp³-hybridized carbons (Fsp3) is 0.667. The summed E-state index contributed by atoms with van der Waals surface area (Å²) in [6.07, 6.45) is 6.51. The van der Waals surface area contributed by atoms with Gasteiger partial charge in [0.25, 0.3) is 0 Å². The summed E-state index contributed by atoms with van der Waals surface area (Å²) in [5, 5.41) is 10.6. The molecular formula is C15H20O3. The lowest BCUT2D eigenvalue weighted by molar-refractivity contribution is -0.201. The van der Waals surface area contributed by atoms with Gasteiger partial charge >= 0.3 is 5.97 Å². The van der Waals surface area contributed by atoms with Crippen molar-refractivity contribution in [2.24, 2.45) is 17.3 Å². The maximum Gasteiger partial charge on any atom is 0.333 e. The fourth-order valence-electron chi connectivity index (χ4n) is 4.10. The average molecular weight is 248 g/mol. The van der Waals surface area contributed by atoms with E-state index in [9.17, 15) is 9.90 Å². The first kappa shape index (κ1) is 12.0. The lowest BCUT2D eigenvalue weighted by atomic mass is 9.56. The molecule has 0 bridgehead atoms. The van der Waals surface area contributed by atoms with Gasteiger partial charge in [-0.05, 0) is 37.0 Å². The maximum atomic E-state index is 11.5. The molecule has 0 aromatic heterocycles. The van der Waals surface area contributed by atoms with Crippen LogP contribution >= 0.6 is 0 Å². The van der Waals surface area contributed by atoms with E-state index in [-0.39, 0.29) is 5.41 Å². The molecule has 98 valence electrons. The quantitative estimate of drug-likeness (QED) is 0.529. The first-order valence-electron chi connectivity index (χ1n) is 6.68. The molecule has 0 spiro atoms. The Morgan fingerprint density at radius 1 is 1.44 bits per heavy atom. The van der Waals surface area contributed by atoms with Crippen LogP contribution in [0.15, 0.2) is 23.3 Å². The van der Waals surface area contributed by atoms with Gasteiger partial charge in [-0.15, -0.1) is 0 Å². The van der Waals surface area contributed by atoms with Gasteiger partial charge in [-0.25, -0.2) is 4.79 Å². The smallest absolute Gasteiger partial charge is 0.333 e. The van der Waals surface area contributed by atoms with Gasteiger partial charge in [-0.1, -0.05) is 25.5 Å². The highest BCUT2D eigenvalue weighted by molar-refractivity contribution is 5.87. The maximum absolute atomic E-state index is 11.5. The number of ether oxygens (including phenoxy) is 1. The van der Waals surface area contributed by atoms with E-state index in [1.807, 2.05) is 0 Å². The first-order chi connectivity index (χ1) is 8.33. The number of hydrogen-bond donors (Lipinski definition) is 1. The van der Waals surface area contributed by atoms with Gasteiger partial charge in [0.15, 0.2) is 0 Å². The van der Waals surface area contributed by atoms with Crippen molar-refractivity contribution in [1.29, 1.82) is 0 Å². The van der Waals surface area contributed by atoms with Gasteiger partial charge in [-0.3, -0.25) is 0 Å². The van der Waals surface area contributed by atoms with Crippen molar-refractivity contribution in [1.82, 2.24) is 0 Å². The summed E-state index contributed by atoms with van der Waals surface area (Å²) in [6, 6.07) is 0. The highest BCUT2D eigenvalue weighted by Crippen LogP contribution is 2.57. The minimum atomic E-state index is -1.37. The van der Waals surface area contributed by atoms with E-state index in [1.54, 1.807) is 0 Å². The summed E-state index contributed by atoms with van der Waals surface area (Å²) in [4.78, 5) is 11.5. The van der Waals surface area contributed by atoms with Crippen LogP contribution in [0.3, 0.4) is 0 Å². The molecule has 0 radical (unpaired) electrons. The van der Waals surface area contributed by atoms with Crippen LogP contribution in [0.4, 0.5) is 0 Å². The van der Waals surface area contributed by atoms with Crippen molar-refractivity contribution in [2.75, 3.05) is 0 Å². The average Bonchev–Trinajstić information content (AvgIpc) is 2.53. The number of fused-ring (bicyclic) bond motifs is 2. The van der Waals surface area contributed by atoms with Gasteiger partial charge in [-0.2, -0.15) is 0 Å². The van der Waals surface area contributed by atoms with E-state index in [4.69, 9.17) is 4.74 Å². The second-order valence-electron chi connectivity index (χ2n) is 6.51. The van der Waals surface area contributed by atoms with Crippen molar-refractivity contribution in [3.63, 3.8) is 0 Å². The van der Waals surface area contributed by atoms with Crippen molar-refractivity contribution in [2.45, 2.75) is 45.8 Å². The highest BCUT2D eigenvalue weighted by Gasteiger charge is 2.57. The number of carbonyl (C=O) groups excluding carboxylic acids is 1. The van der Waals surface area contributed by atoms with E-state index in [0.717, 1.165) is 18.4 Å². The number of aliphatic hydroxyl groups is 1. The Labute approximate surface area is 108 Å². The molecular weight excluding hydrogens is 228 g/mol. The summed E-state index contributed by atoms with van der Waals surface area (Å²) in [5.74, 6) is -0.973. The summed E-state index contributed by atoms with van der Waals surface area (Å²) in [5.41, 5.74) is 1.97. The predicted octanol–water partition coefficient (Wildman–Crippen LogP) is 2.56. The van der Waals surface area contributed by atoms with Gasteiger partial charge in [0, 0.05) is 18.1 Å². The molecule has 3 atom stereocenters. The zero-order valence-corrected chi connectivity index (χ0v) is 11.2. The van der Waals surface area contributed by atoms with Gasteiger partial charge in [0.1, 0.15) is 0 Å². The highest BCUT2D eigenvalue weighted by atomic mass is 16.7. The van der Waals surface area contributed by atoms with Gasteiger partial charge in [0.05, 0.1) is 0 Å². The molecule has 2 unspecified atom stereocenters. The van der Waals surface area contributed by atoms with Crippen molar-refractivity contribution in [3.05, 3.63) is 23.3 Å². The van der Waals surface area contributed by atoms with Crippen LogP contribution in [-0.2, 0) is 9.53 Å². The van der Waals surface area contributed by atoms with Crippen molar-refractivity contribution in [3.8, 4) is 0 Å². The van der Waals surface area contributed by atoms with E-state index in [0.29, 0.717) is 18.3 Å². The lowest BCUT2D eigenvalue weighted by Crippen LogP contribution is -2.50. The van der Waals surface area contributed by atoms with Crippen molar-refractivity contribution >= 4 is 5.97 Å². The summed E-state index contributed by atoms with van der Waals surface area (Å²) in [6.45, 7) is 6.38. The van der Waals surface area contributed by atoms with Gasteiger partial charge < -0.3 is 9.84 Å². The molecule has 0 saturated heterocycles. The lowest BCUT2D eigenvalue weighted by Gasteiger charge is -2.51. The largest absolute Gasteiger partial charge is 0.426 e. The molecule has 3 nitrogen and oxygen atoms in total. The van der Waals surface area contributed by atoms with Crippen LogP contribution < -0.4 is 0 Å². The minimum Gasteiger partial charge on any atom is -0.426 e. The molecule has 3 aliphatic rings. The summed E-state index contributed by atoms with van der Waals surface area (Å²) < 4.78 is 5.17. The molecule has 1 heterocycles. The van der Waals surface area contributed by atoms with Gasteiger partial charge in [0.2, 0.25) is 5.79 Å². The Morgan fingerprint density at radius 2 is 2.17 bits per heavy atom. The Balaban J connectivity index is 2.07. The molecule has 1 N–H and O–H groups in total. The molecule has 3 rings (SSSR count). The molecule has 18 heavy (non-hydrogen) atoms. The van der Waals surface area contributed by atoms with Crippen LogP contribution in [0.2, 0.25) is 0 Å². The first-order valence-corrected chi connectivity index (χ1v) is 6.68. The summed E-state index contributed by atoms with van der Waals surface area (Å²) in [7, 11) is 0. The Bertz CT molecular complexity index is 472. The van der Waals surface area contributed by atoms with Crippen LogP contribution in [0.1, 0.15) is 40.0 Å². The standard InChI is InChI=1S/C15H20O3/c1-9-4-5-11-10(6-9)8-15(17)12(14(11,2)3)7-13(16)18-15/h6-7,10-11,17H,4-5,8H2,1-3H3/t10?,11?,15-/m0/s1. The third kappa shape index (κ3) is 1.50. The van der Waals surface area contributed by atoms with E-state index >= 15 is 0 Å². The normalized spacial score (nSPS) is 41.4. The monoisotopic (exact) mass is 248 g/mol. The molecule has 1 aliphatic heterocycles. The van der Waals surface area contributed by atoms with Crippen LogP contribution in [-0.4, -0.2) is 16.9 Å². The molecule has 0 amide bonds. The molecule has 0 aromatic carbocycles. The topological polar surface area (TPSA) is 46.5 Å². The zero-order valence-electron chi connectivity index (χ0n) is 11.2. The van der Waals surface area contributed by atoms with E-state index in [2.05, 4.69) is 26.8 Å². The number of allylic oxidation sites excluding steroid dienone is 2. The second kappa shape index (κ2) is 3.47. The van der Waals surface area contributed by atoms with Crippen molar-refractivity contribution < 1.29 is 14.6 Å². The fourth-order valence-corrected chi connectivity index (χ4v) is 4.10. The Kier molecular flexibility index (Phi) is 2.31. The van der Waals surface area contributed by atoms with E-state index < -0.39 is 11.8 Å². The number of carbonyl (C=O) groups is 1. The van der Waals surface area contributed by atoms with Crippen LogP contribution in [0.25, 0.3) is 0 Å². The predicted molar refractivity (Wildman–Crippen MR) is 67.5 cm³/mol. The second-order valence-corrected chi connectivity index (χ2v) is 6.51. The summed E-state index contributed by atoms with van der Waals surface area (Å²) >= 11 is 0. The number of esters is 1. The molecule has 2 aliphatic carbocycles. The third-order valence-corrected chi connectivity index (χ3v) is 4.95. The third-order valence-electron chi connectivity index (χ3n) is 4.95. The molecule has 3 heteroatoms. The number of rotatable bonds is 0. The Morgan fingerprint density at radius 3 is 2.89 bits per heavy atom. The van der Waals surface area contributed by atoms with Crippen LogP contribution in [0.5, 0.6) is 0 Å². The molecule has 0 aromatic rings. The molecule has 1 fully saturated rings. The SMILES string of the molecule is CC1=CC2C[C@]3(O)OC(=O)C=C3C(C)(C)C2CC1.